The number of hydrogen-bond acceptors (Lipinski definition) is 3. The molecule has 2 rings (SSSR count). The predicted octanol–water partition coefficient (Wildman–Crippen LogP) is 1.57. The molecule has 0 radical (unpaired) electrons. The average molecular weight is 312 g/mol. The maximum Gasteiger partial charge on any atom is 0.419 e. The molecule has 1 atom stereocenters. The lowest BCUT2D eigenvalue weighted by atomic mass is 10.2. The van der Waals surface area contributed by atoms with Crippen LogP contribution in [-0.2, 0) is 16.2 Å². The Balaban J connectivity index is 2.43. The molecule has 20 heavy (non-hydrogen) atoms. The van der Waals surface area contributed by atoms with Gasteiger partial charge in [0, 0.05) is 19.1 Å². The first kappa shape index (κ1) is 15.2. The maximum absolute atomic E-state index is 13.1. The summed E-state index contributed by atoms with van der Waals surface area (Å²) in [5.41, 5.74) is 3.98. The summed E-state index contributed by atoms with van der Waals surface area (Å²) >= 11 is 0. The van der Waals surface area contributed by atoms with Gasteiger partial charge < -0.3 is 5.73 Å². The number of hydrogen-bond donors (Lipinski definition) is 1. The van der Waals surface area contributed by atoms with Crippen molar-refractivity contribution in [3.63, 3.8) is 0 Å². The normalized spacial score (nSPS) is 21.4. The van der Waals surface area contributed by atoms with Crippen molar-refractivity contribution in [3.8, 4) is 0 Å². The first-order valence-electron chi connectivity index (χ1n) is 5.75. The summed E-state index contributed by atoms with van der Waals surface area (Å²) < 4.78 is 76.2. The molecule has 1 aromatic rings. The number of nitrogens with two attached hydrogens (primary N) is 1. The van der Waals surface area contributed by atoms with Crippen LogP contribution in [0.25, 0.3) is 0 Å². The molecule has 1 aromatic carbocycles. The van der Waals surface area contributed by atoms with Gasteiger partial charge in [-0.3, -0.25) is 0 Å². The fraction of sp³-hybridized carbons (Fsp3) is 0.455. The number of sulfonamides is 1. The van der Waals surface area contributed by atoms with E-state index in [2.05, 4.69) is 0 Å². The van der Waals surface area contributed by atoms with Crippen molar-refractivity contribution in [1.29, 1.82) is 0 Å². The van der Waals surface area contributed by atoms with E-state index in [1.54, 1.807) is 0 Å². The second-order valence-corrected chi connectivity index (χ2v) is 6.49. The van der Waals surface area contributed by atoms with Gasteiger partial charge in [0.05, 0.1) is 10.5 Å². The molecule has 0 saturated carbocycles. The third-order valence-electron chi connectivity index (χ3n) is 3.07. The van der Waals surface area contributed by atoms with E-state index >= 15 is 0 Å². The highest BCUT2D eigenvalue weighted by molar-refractivity contribution is 7.89. The Morgan fingerprint density at radius 2 is 1.95 bits per heavy atom. The van der Waals surface area contributed by atoms with E-state index in [9.17, 15) is 26.0 Å². The van der Waals surface area contributed by atoms with Crippen LogP contribution in [0.15, 0.2) is 23.1 Å². The zero-order valence-corrected chi connectivity index (χ0v) is 11.0. The molecule has 1 fully saturated rings. The average Bonchev–Trinajstić information content (AvgIpc) is 2.75. The third kappa shape index (κ3) is 2.79. The molecule has 9 heteroatoms. The summed E-state index contributed by atoms with van der Waals surface area (Å²) in [6, 6.07) is 1.30. The number of nitrogens with zero attached hydrogens (tertiary/aromatic N) is 1. The second-order valence-electron chi connectivity index (χ2n) is 4.55. The van der Waals surface area contributed by atoms with Gasteiger partial charge in [0.25, 0.3) is 0 Å². The monoisotopic (exact) mass is 312 g/mol. The molecule has 1 saturated heterocycles. The van der Waals surface area contributed by atoms with E-state index in [1.165, 1.54) is 0 Å². The Labute approximate surface area is 113 Å². The Hall–Kier alpha value is -1.19. The van der Waals surface area contributed by atoms with Crippen LogP contribution in [0.2, 0.25) is 0 Å². The Morgan fingerprint density at radius 1 is 1.30 bits per heavy atom. The van der Waals surface area contributed by atoms with Gasteiger partial charge in [0.1, 0.15) is 5.82 Å². The minimum Gasteiger partial charge on any atom is -0.326 e. The summed E-state index contributed by atoms with van der Waals surface area (Å²) in [5, 5.41) is 0. The van der Waals surface area contributed by atoms with E-state index in [-0.39, 0.29) is 19.1 Å². The van der Waals surface area contributed by atoms with Gasteiger partial charge in [0.2, 0.25) is 10.0 Å². The molecular formula is C11H12F4N2O2S. The molecule has 1 heterocycles. The molecule has 112 valence electrons. The van der Waals surface area contributed by atoms with Crippen molar-refractivity contribution in [2.24, 2.45) is 5.73 Å². The standard InChI is InChI=1S/C11H12F4N2O2S/c12-10-2-1-8(5-9(10)11(13,14)15)20(18,19)17-4-3-7(16)6-17/h1-2,5,7H,3-4,6,16H2/t7-/m1/s1. The summed E-state index contributed by atoms with van der Waals surface area (Å²) in [4.78, 5) is -0.583. The van der Waals surface area contributed by atoms with Crippen molar-refractivity contribution in [1.82, 2.24) is 4.31 Å². The zero-order chi connectivity index (χ0) is 15.1. The highest BCUT2D eigenvalue weighted by atomic mass is 32.2. The molecule has 0 bridgehead atoms. The van der Waals surface area contributed by atoms with Crippen LogP contribution in [0.5, 0.6) is 0 Å². The fourth-order valence-corrected chi connectivity index (χ4v) is 3.54. The first-order chi connectivity index (χ1) is 9.12. The largest absolute Gasteiger partial charge is 0.419 e. The second kappa shape index (κ2) is 4.97. The van der Waals surface area contributed by atoms with Crippen molar-refractivity contribution in [2.45, 2.75) is 23.5 Å². The van der Waals surface area contributed by atoms with E-state index in [4.69, 9.17) is 5.73 Å². The van der Waals surface area contributed by atoms with Crippen LogP contribution in [0, 0.1) is 5.82 Å². The Morgan fingerprint density at radius 3 is 2.45 bits per heavy atom. The summed E-state index contributed by atoms with van der Waals surface area (Å²) in [7, 11) is -4.08. The molecule has 2 N–H and O–H groups in total. The Bertz CT molecular complexity index is 615. The lowest BCUT2D eigenvalue weighted by Crippen LogP contribution is -2.32. The topological polar surface area (TPSA) is 63.4 Å². The van der Waals surface area contributed by atoms with Crippen molar-refractivity contribution in [3.05, 3.63) is 29.6 Å². The van der Waals surface area contributed by atoms with Gasteiger partial charge in [0.15, 0.2) is 0 Å². The van der Waals surface area contributed by atoms with Crippen LogP contribution in [-0.4, -0.2) is 31.9 Å². The minimum absolute atomic E-state index is 0.0427. The number of halogens is 4. The third-order valence-corrected chi connectivity index (χ3v) is 4.93. The highest BCUT2D eigenvalue weighted by Gasteiger charge is 2.37. The van der Waals surface area contributed by atoms with Crippen LogP contribution < -0.4 is 5.73 Å². The van der Waals surface area contributed by atoms with Crippen molar-refractivity contribution < 1.29 is 26.0 Å². The Kier molecular flexibility index (Phi) is 3.78. The van der Waals surface area contributed by atoms with Gasteiger partial charge in [-0.25, -0.2) is 12.8 Å². The molecule has 0 unspecified atom stereocenters. The lowest BCUT2D eigenvalue weighted by Gasteiger charge is -2.17. The van der Waals surface area contributed by atoms with Crippen LogP contribution in [0.3, 0.4) is 0 Å². The number of benzene rings is 1. The van der Waals surface area contributed by atoms with Gasteiger partial charge in [-0.05, 0) is 24.6 Å². The first-order valence-corrected chi connectivity index (χ1v) is 7.19. The van der Waals surface area contributed by atoms with Gasteiger partial charge in [-0.15, -0.1) is 0 Å². The van der Waals surface area contributed by atoms with E-state index in [0.717, 1.165) is 10.4 Å². The molecule has 0 aromatic heterocycles. The smallest absolute Gasteiger partial charge is 0.326 e. The molecule has 0 aliphatic carbocycles. The van der Waals surface area contributed by atoms with E-state index in [0.29, 0.717) is 18.6 Å². The summed E-state index contributed by atoms with van der Waals surface area (Å²) in [6.07, 6.45) is -4.51. The van der Waals surface area contributed by atoms with Crippen LogP contribution in [0.1, 0.15) is 12.0 Å². The molecular weight excluding hydrogens is 300 g/mol. The molecule has 0 spiro atoms. The van der Waals surface area contributed by atoms with Crippen molar-refractivity contribution in [2.75, 3.05) is 13.1 Å². The SMILES string of the molecule is N[C@@H]1CCN(S(=O)(=O)c2ccc(F)c(C(F)(F)F)c2)C1. The van der Waals surface area contributed by atoms with Gasteiger partial charge >= 0.3 is 6.18 Å². The molecule has 1 aliphatic heterocycles. The zero-order valence-electron chi connectivity index (χ0n) is 10.2. The summed E-state index contributed by atoms with van der Waals surface area (Å²) in [5.74, 6) is -1.51. The van der Waals surface area contributed by atoms with Crippen LogP contribution in [0.4, 0.5) is 17.6 Å². The highest BCUT2D eigenvalue weighted by Crippen LogP contribution is 2.33. The van der Waals surface area contributed by atoms with E-state index in [1.807, 2.05) is 0 Å². The molecule has 0 amide bonds. The summed E-state index contributed by atoms with van der Waals surface area (Å²) in [6.45, 7) is 0.184. The van der Waals surface area contributed by atoms with E-state index < -0.39 is 32.5 Å². The van der Waals surface area contributed by atoms with Crippen molar-refractivity contribution >= 4 is 10.0 Å². The predicted molar refractivity (Wildman–Crippen MR) is 62.8 cm³/mol. The minimum atomic E-state index is -4.95. The maximum atomic E-state index is 13.1. The number of rotatable bonds is 2. The van der Waals surface area contributed by atoms with Gasteiger partial charge in [-0.1, -0.05) is 0 Å². The quantitative estimate of drug-likeness (QED) is 0.843. The van der Waals surface area contributed by atoms with Crippen LogP contribution >= 0.6 is 0 Å². The number of alkyl halides is 3. The van der Waals surface area contributed by atoms with Gasteiger partial charge in [-0.2, -0.15) is 17.5 Å². The molecule has 1 aliphatic rings. The fourth-order valence-electron chi connectivity index (χ4n) is 2.00. The molecule has 4 nitrogen and oxygen atoms in total. The lowest BCUT2D eigenvalue weighted by molar-refractivity contribution is -0.140.